The van der Waals surface area contributed by atoms with Crippen molar-refractivity contribution in [1.82, 2.24) is 4.57 Å². The van der Waals surface area contributed by atoms with Gasteiger partial charge in [0.1, 0.15) is 10.4 Å². The quantitative estimate of drug-likeness (QED) is 0.398. The average Bonchev–Trinajstić information content (AvgIpc) is 2.33. The number of carbonyl (C=O) groups excluding carboxylic acids is 2. The first-order chi connectivity index (χ1) is 5.72. The lowest BCUT2D eigenvalue weighted by Crippen LogP contribution is -2.26. The third kappa shape index (κ3) is 0.753. The molecular weight excluding hydrogens is 170 g/mol. The number of rotatable bonds is 0. The second-order valence-electron chi connectivity index (χ2n) is 2.71. The molecule has 0 saturated carbocycles. The summed E-state index contributed by atoms with van der Waals surface area (Å²) >= 11 is 0. The fourth-order valence-electron chi connectivity index (χ4n) is 1.31. The van der Waals surface area contributed by atoms with E-state index in [0.717, 1.165) is 0 Å². The fourth-order valence-corrected chi connectivity index (χ4v) is 1.79. The maximum atomic E-state index is 11.3. The van der Waals surface area contributed by atoms with Gasteiger partial charge in [-0.05, 0) is 12.1 Å². The minimum atomic E-state index is -0.151. The highest BCUT2D eigenvalue weighted by Gasteiger charge is 2.31. The summed E-state index contributed by atoms with van der Waals surface area (Å²) in [6, 6.07) is 6.91. The number of fused-ring (bicyclic) bond motifs is 1. The number of carbonyl (C=O) groups is 2. The van der Waals surface area contributed by atoms with Crippen LogP contribution in [0.3, 0.4) is 0 Å². The Morgan fingerprint density at radius 2 is 1.42 bits per heavy atom. The fraction of sp³-hybridized carbons (Fsp3) is 0. The summed E-state index contributed by atoms with van der Waals surface area (Å²) in [4.78, 5) is 22.7. The summed E-state index contributed by atoms with van der Waals surface area (Å²) < 4.78 is 1.27. The summed E-state index contributed by atoms with van der Waals surface area (Å²) in [5.74, 6) is -0.301. The highest BCUT2D eigenvalue weighted by atomic mass is 28.2. The van der Waals surface area contributed by atoms with Gasteiger partial charge in [0.05, 0.1) is 11.1 Å². The lowest BCUT2D eigenvalue weighted by Gasteiger charge is -2.03. The van der Waals surface area contributed by atoms with Crippen LogP contribution in [0.2, 0.25) is 0 Å². The molecular formula is C8H7NO2Si. The first-order valence-corrected chi connectivity index (χ1v) is 4.52. The Morgan fingerprint density at radius 3 is 1.83 bits per heavy atom. The van der Waals surface area contributed by atoms with E-state index >= 15 is 0 Å². The molecule has 1 aliphatic rings. The first-order valence-electron chi connectivity index (χ1n) is 3.63. The topological polar surface area (TPSA) is 37.4 Å². The van der Waals surface area contributed by atoms with Gasteiger partial charge in [0.25, 0.3) is 11.8 Å². The summed E-state index contributed by atoms with van der Waals surface area (Å²) in [5.41, 5.74) is 1.08. The van der Waals surface area contributed by atoms with E-state index < -0.39 is 0 Å². The van der Waals surface area contributed by atoms with Crippen LogP contribution in [0.1, 0.15) is 20.7 Å². The molecule has 1 aliphatic heterocycles. The van der Waals surface area contributed by atoms with Gasteiger partial charge in [0.2, 0.25) is 0 Å². The molecule has 0 N–H and O–H groups in total. The molecule has 0 spiro atoms. The van der Waals surface area contributed by atoms with Crippen LogP contribution >= 0.6 is 0 Å². The zero-order valence-electron chi connectivity index (χ0n) is 6.57. The normalized spacial score (nSPS) is 15.5. The molecule has 0 bridgehead atoms. The molecule has 0 aliphatic carbocycles. The minimum Gasteiger partial charge on any atom is -0.313 e. The smallest absolute Gasteiger partial charge is 0.252 e. The van der Waals surface area contributed by atoms with E-state index in [4.69, 9.17) is 0 Å². The highest BCUT2D eigenvalue weighted by Crippen LogP contribution is 2.19. The molecule has 0 fully saturated rings. The molecule has 2 amide bonds. The maximum Gasteiger partial charge on any atom is 0.252 e. The second kappa shape index (κ2) is 2.28. The van der Waals surface area contributed by atoms with Crippen LogP contribution in [0, 0.1) is 0 Å². The van der Waals surface area contributed by atoms with Crippen molar-refractivity contribution in [2.45, 2.75) is 0 Å². The predicted molar refractivity (Wildman–Crippen MR) is 46.9 cm³/mol. The molecule has 4 heteroatoms. The zero-order valence-corrected chi connectivity index (χ0v) is 8.57. The van der Waals surface area contributed by atoms with Crippen LogP contribution in [0.5, 0.6) is 0 Å². The Hall–Kier alpha value is -1.42. The molecule has 0 radical (unpaired) electrons. The monoisotopic (exact) mass is 177 g/mol. The highest BCUT2D eigenvalue weighted by molar-refractivity contribution is 6.36. The molecule has 0 atom stereocenters. The molecule has 2 rings (SSSR count). The van der Waals surface area contributed by atoms with Gasteiger partial charge in [-0.25, -0.2) is 0 Å². The Labute approximate surface area is 72.5 Å². The Kier molecular flexibility index (Phi) is 1.38. The third-order valence-corrected chi connectivity index (χ3v) is 2.81. The number of benzene rings is 1. The number of hydrogen-bond donors (Lipinski definition) is 0. The van der Waals surface area contributed by atoms with Gasteiger partial charge >= 0.3 is 0 Å². The van der Waals surface area contributed by atoms with Crippen molar-refractivity contribution >= 4 is 22.2 Å². The van der Waals surface area contributed by atoms with Gasteiger partial charge in [-0.1, -0.05) is 12.1 Å². The molecule has 3 nitrogen and oxygen atoms in total. The molecule has 60 valence electrons. The second-order valence-corrected chi connectivity index (χ2v) is 3.61. The molecule has 1 aromatic carbocycles. The molecule has 0 unspecified atom stereocenters. The van der Waals surface area contributed by atoms with E-state index in [9.17, 15) is 9.59 Å². The summed E-state index contributed by atoms with van der Waals surface area (Å²) in [6.45, 7) is 0. The van der Waals surface area contributed by atoms with Gasteiger partial charge in [-0.2, -0.15) is 0 Å². The van der Waals surface area contributed by atoms with Gasteiger partial charge in [0, 0.05) is 0 Å². The maximum absolute atomic E-state index is 11.3. The van der Waals surface area contributed by atoms with Crippen molar-refractivity contribution < 1.29 is 9.59 Å². The largest absolute Gasteiger partial charge is 0.313 e. The van der Waals surface area contributed by atoms with Crippen LogP contribution in [0.25, 0.3) is 0 Å². The van der Waals surface area contributed by atoms with Gasteiger partial charge in [-0.3, -0.25) is 9.59 Å². The van der Waals surface area contributed by atoms with Crippen LogP contribution in [0.15, 0.2) is 24.3 Å². The number of hydrogen-bond acceptors (Lipinski definition) is 2. The molecule has 0 saturated heterocycles. The van der Waals surface area contributed by atoms with Crippen molar-refractivity contribution in [3.8, 4) is 0 Å². The number of imide groups is 1. The van der Waals surface area contributed by atoms with E-state index in [1.165, 1.54) is 4.57 Å². The van der Waals surface area contributed by atoms with Crippen LogP contribution in [-0.2, 0) is 0 Å². The minimum absolute atomic E-state index is 0.151. The number of amides is 2. The van der Waals surface area contributed by atoms with Crippen molar-refractivity contribution in [1.29, 1.82) is 0 Å². The first kappa shape index (κ1) is 7.24. The van der Waals surface area contributed by atoms with Gasteiger partial charge in [0.15, 0.2) is 0 Å². The summed E-state index contributed by atoms with van der Waals surface area (Å²) in [5, 5.41) is 0. The average molecular weight is 177 g/mol. The third-order valence-electron chi connectivity index (χ3n) is 2.00. The molecule has 1 heterocycles. The van der Waals surface area contributed by atoms with Crippen LogP contribution in [-0.4, -0.2) is 26.8 Å². The van der Waals surface area contributed by atoms with E-state index in [0.29, 0.717) is 21.5 Å². The van der Waals surface area contributed by atoms with Crippen molar-refractivity contribution in [2.24, 2.45) is 0 Å². The Morgan fingerprint density at radius 1 is 1.00 bits per heavy atom. The lowest BCUT2D eigenvalue weighted by molar-refractivity contribution is 0.0766. The summed E-state index contributed by atoms with van der Waals surface area (Å²) in [6.07, 6.45) is 0. The van der Waals surface area contributed by atoms with Crippen molar-refractivity contribution in [3.63, 3.8) is 0 Å². The van der Waals surface area contributed by atoms with Gasteiger partial charge in [-0.15, -0.1) is 0 Å². The summed E-state index contributed by atoms with van der Waals surface area (Å²) in [7, 11) is 0.459. The lowest BCUT2D eigenvalue weighted by atomic mass is 10.1. The standard InChI is InChI=1S/C8H7NO2Si/c10-7-5-3-1-2-4-6(5)8(11)9(7)12/h1-4H,12H3. The predicted octanol–water partition coefficient (Wildman–Crippen LogP) is -0.437. The molecule has 1 aromatic rings. The van der Waals surface area contributed by atoms with Crippen LogP contribution < -0.4 is 0 Å². The number of nitrogens with zero attached hydrogens (tertiary/aromatic N) is 1. The van der Waals surface area contributed by atoms with Crippen LogP contribution in [0.4, 0.5) is 0 Å². The van der Waals surface area contributed by atoms with Crippen molar-refractivity contribution in [2.75, 3.05) is 0 Å². The van der Waals surface area contributed by atoms with Crippen molar-refractivity contribution in [3.05, 3.63) is 35.4 Å². The van der Waals surface area contributed by atoms with Gasteiger partial charge < -0.3 is 4.57 Å². The zero-order chi connectivity index (χ0) is 8.72. The van der Waals surface area contributed by atoms with E-state index in [1.807, 2.05) is 0 Å². The Bertz CT molecular complexity index is 340. The molecule has 12 heavy (non-hydrogen) atoms. The Balaban J connectivity index is 2.67. The SMILES string of the molecule is O=C1c2ccccc2C(=O)N1[SiH3]. The van der Waals surface area contributed by atoms with E-state index in [2.05, 4.69) is 0 Å². The molecule has 0 aromatic heterocycles. The van der Waals surface area contributed by atoms with E-state index in [1.54, 1.807) is 24.3 Å². The van der Waals surface area contributed by atoms with E-state index in [-0.39, 0.29) is 11.8 Å².